The van der Waals surface area contributed by atoms with Crippen LogP contribution in [0.2, 0.25) is 0 Å². The van der Waals surface area contributed by atoms with Crippen molar-refractivity contribution in [3.05, 3.63) is 28.2 Å². The van der Waals surface area contributed by atoms with Crippen molar-refractivity contribution in [3.8, 4) is 5.75 Å². The van der Waals surface area contributed by atoms with Crippen molar-refractivity contribution >= 4 is 16.6 Å². The van der Waals surface area contributed by atoms with E-state index < -0.39 is 10.9 Å². The molecule has 0 aliphatic rings. The van der Waals surface area contributed by atoms with Crippen LogP contribution in [0.1, 0.15) is 0 Å². The van der Waals surface area contributed by atoms with Crippen molar-refractivity contribution in [1.82, 2.24) is 9.78 Å². The zero-order valence-corrected chi connectivity index (χ0v) is 8.60. The first-order valence-corrected chi connectivity index (χ1v) is 4.40. The van der Waals surface area contributed by atoms with E-state index in [-0.39, 0.29) is 22.3 Å². The number of nitro groups is 1. The van der Waals surface area contributed by atoms with Crippen molar-refractivity contribution < 1.29 is 14.1 Å². The van der Waals surface area contributed by atoms with Gasteiger partial charge in [0, 0.05) is 7.05 Å². The first-order valence-electron chi connectivity index (χ1n) is 4.40. The van der Waals surface area contributed by atoms with Crippen LogP contribution in [0.4, 0.5) is 10.1 Å². The van der Waals surface area contributed by atoms with Crippen molar-refractivity contribution in [2.45, 2.75) is 0 Å². The molecule has 6 nitrogen and oxygen atoms in total. The summed E-state index contributed by atoms with van der Waals surface area (Å²) in [5, 5.41) is 14.5. The SMILES string of the molecule is COc1ccc2c(F)nn(C)c2c1[N+](=O)[O-]. The van der Waals surface area contributed by atoms with Gasteiger partial charge >= 0.3 is 5.69 Å². The Morgan fingerprint density at radius 2 is 2.25 bits per heavy atom. The highest BCUT2D eigenvalue weighted by atomic mass is 19.1. The largest absolute Gasteiger partial charge is 0.490 e. The second-order valence-corrected chi connectivity index (χ2v) is 3.18. The third-order valence-corrected chi connectivity index (χ3v) is 2.30. The van der Waals surface area contributed by atoms with Gasteiger partial charge in [-0.1, -0.05) is 0 Å². The van der Waals surface area contributed by atoms with Crippen LogP contribution in [0, 0.1) is 16.1 Å². The van der Waals surface area contributed by atoms with E-state index in [1.165, 1.54) is 26.3 Å². The van der Waals surface area contributed by atoms with E-state index in [1.54, 1.807) is 0 Å². The summed E-state index contributed by atoms with van der Waals surface area (Å²) in [5.41, 5.74) is -0.166. The fourth-order valence-electron chi connectivity index (χ4n) is 1.63. The van der Waals surface area contributed by atoms with Gasteiger partial charge < -0.3 is 4.74 Å². The number of rotatable bonds is 2. The summed E-state index contributed by atoms with van der Waals surface area (Å²) in [6.07, 6.45) is 0. The molecule has 0 spiro atoms. The van der Waals surface area contributed by atoms with E-state index in [0.29, 0.717) is 0 Å². The monoisotopic (exact) mass is 225 g/mol. The van der Waals surface area contributed by atoms with Gasteiger partial charge in [0.25, 0.3) is 0 Å². The third-order valence-electron chi connectivity index (χ3n) is 2.30. The molecule has 0 bridgehead atoms. The number of hydrogen-bond donors (Lipinski definition) is 0. The van der Waals surface area contributed by atoms with E-state index in [1.807, 2.05) is 0 Å². The Labute approximate surface area is 89.4 Å². The van der Waals surface area contributed by atoms with Gasteiger partial charge in [-0.25, -0.2) is 0 Å². The standard InChI is InChI=1S/C9H8FN3O3/c1-12-7-5(9(10)11-12)3-4-6(16-2)8(7)13(14)15/h3-4H,1-2H3. The molecule has 0 aliphatic heterocycles. The van der Waals surface area contributed by atoms with Crippen LogP contribution in [0.15, 0.2) is 12.1 Å². The summed E-state index contributed by atoms with van der Waals surface area (Å²) >= 11 is 0. The molecule has 16 heavy (non-hydrogen) atoms. The molecule has 2 aromatic rings. The highest BCUT2D eigenvalue weighted by molar-refractivity contribution is 5.90. The fourth-order valence-corrected chi connectivity index (χ4v) is 1.63. The summed E-state index contributed by atoms with van der Waals surface area (Å²) in [4.78, 5) is 10.3. The maximum absolute atomic E-state index is 13.3. The quantitative estimate of drug-likeness (QED) is 0.575. The first kappa shape index (κ1) is 10.3. The van der Waals surface area contributed by atoms with Crippen molar-refractivity contribution in [2.24, 2.45) is 7.05 Å². The molecule has 0 fully saturated rings. The number of aryl methyl sites for hydroxylation is 1. The van der Waals surface area contributed by atoms with E-state index in [4.69, 9.17) is 4.74 Å². The lowest BCUT2D eigenvalue weighted by atomic mass is 10.2. The third kappa shape index (κ3) is 1.28. The number of nitro benzene ring substituents is 1. The predicted octanol–water partition coefficient (Wildman–Crippen LogP) is 1.63. The van der Waals surface area contributed by atoms with Gasteiger partial charge in [-0.05, 0) is 12.1 Å². The molecule has 84 valence electrons. The average Bonchev–Trinajstić information content (AvgIpc) is 2.53. The summed E-state index contributed by atoms with van der Waals surface area (Å²) in [7, 11) is 2.76. The molecule has 0 N–H and O–H groups in total. The summed E-state index contributed by atoms with van der Waals surface area (Å²) in [6.45, 7) is 0. The van der Waals surface area contributed by atoms with Crippen LogP contribution >= 0.6 is 0 Å². The zero-order chi connectivity index (χ0) is 11.9. The van der Waals surface area contributed by atoms with Gasteiger partial charge in [0.15, 0.2) is 11.3 Å². The lowest BCUT2D eigenvalue weighted by Gasteiger charge is -2.02. The highest BCUT2D eigenvalue weighted by Crippen LogP contribution is 2.35. The van der Waals surface area contributed by atoms with E-state index >= 15 is 0 Å². The molecule has 0 unspecified atom stereocenters. The average molecular weight is 225 g/mol. The zero-order valence-electron chi connectivity index (χ0n) is 8.60. The van der Waals surface area contributed by atoms with Crippen molar-refractivity contribution in [3.63, 3.8) is 0 Å². The maximum Gasteiger partial charge on any atom is 0.336 e. The van der Waals surface area contributed by atoms with Crippen LogP contribution in [-0.4, -0.2) is 21.8 Å². The lowest BCUT2D eigenvalue weighted by Crippen LogP contribution is -1.98. The summed E-state index contributed by atoms with van der Waals surface area (Å²) in [6, 6.07) is 2.76. The van der Waals surface area contributed by atoms with Gasteiger partial charge in [-0.2, -0.15) is 4.39 Å². The Kier molecular flexibility index (Phi) is 2.22. The van der Waals surface area contributed by atoms with E-state index in [2.05, 4.69) is 5.10 Å². The van der Waals surface area contributed by atoms with Crippen molar-refractivity contribution in [2.75, 3.05) is 7.11 Å². The molecule has 0 saturated heterocycles. The number of hydrogen-bond acceptors (Lipinski definition) is 4. The minimum absolute atomic E-state index is 0.0838. The fraction of sp³-hybridized carbons (Fsp3) is 0.222. The number of ether oxygens (including phenoxy) is 1. The van der Waals surface area contributed by atoms with Crippen LogP contribution in [-0.2, 0) is 7.05 Å². The minimum Gasteiger partial charge on any atom is -0.490 e. The molecule has 1 aromatic carbocycles. The highest BCUT2D eigenvalue weighted by Gasteiger charge is 2.24. The Hall–Kier alpha value is -2.18. The molecule has 1 aromatic heterocycles. The second kappa shape index (κ2) is 3.44. The molecule has 0 aliphatic carbocycles. The topological polar surface area (TPSA) is 70.2 Å². The Balaban J connectivity index is 2.93. The normalized spacial score (nSPS) is 10.7. The van der Waals surface area contributed by atoms with Gasteiger partial charge in [-0.15, -0.1) is 5.10 Å². The van der Waals surface area contributed by atoms with Gasteiger partial charge in [0.1, 0.15) is 0 Å². The van der Waals surface area contributed by atoms with E-state index in [0.717, 1.165) is 4.68 Å². The Morgan fingerprint density at radius 1 is 1.56 bits per heavy atom. The number of nitrogens with zero attached hydrogens (tertiary/aromatic N) is 3. The number of halogens is 1. The molecule has 0 saturated carbocycles. The molecular formula is C9H8FN3O3. The molecular weight excluding hydrogens is 217 g/mol. The van der Waals surface area contributed by atoms with Crippen LogP contribution in [0.3, 0.4) is 0 Å². The summed E-state index contributed by atoms with van der Waals surface area (Å²) < 4.78 is 19.3. The number of aromatic nitrogens is 2. The second-order valence-electron chi connectivity index (χ2n) is 3.18. The van der Waals surface area contributed by atoms with Gasteiger partial charge in [-0.3, -0.25) is 14.8 Å². The van der Waals surface area contributed by atoms with Gasteiger partial charge in [0.05, 0.1) is 17.4 Å². The molecule has 7 heteroatoms. The molecule has 0 atom stereocenters. The van der Waals surface area contributed by atoms with Crippen LogP contribution in [0.25, 0.3) is 10.9 Å². The Morgan fingerprint density at radius 3 is 2.81 bits per heavy atom. The number of methoxy groups -OCH3 is 1. The van der Waals surface area contributed by atoms with Crippen LogP contribution < -0.4 is 4.74 Å². The first-order chi connectivity index (χ1) is 7.56. The molecule has 0 radical (unpaired) electrons. The number of benzene rings is 1. The smallest absolute Gasteiger partial charge is 0.336 e. The van der Waals surface area contributed by atoms with Crippen molar-refractivity contribution in [1.29, 1.82) is 0 Å². The molecule has 1 heterocycles. The van der Waals surface area contributed by atoms with Gasteiger partial charge in [0.2, 0.25) is 5.95 Å². The predicted molar refractivity (Wildman–Crippen MR) is 53.9 cm³/mol. The van der Waals surface area contributed by atoms with Crippen LogP contribution in [0.5, 0.6) is 5.75 Å². The lowest BCUT2D eigenvalue weighted by molar-refractivity contribution is -0.384. The number of fused-ring (bicyclic) bond motifs is 1. The van der Waals surface area contributed by atoms with E-state index in [9.17, 15) is 14.5 Å². The minimum atomic E-state index is -0.733. The summed E-state index contributed by atoms with van der Waals surface area (Å²) in [5.74, 6) is -0.649. The molecule has 0 amide bonds. The Bertz CT molecular complexity index is 579. The molecule has 2 rings (SSSR count). The maximum atomic E-state index is 13.3.